The Balaban J connectivity index is 1.59. The molecule has 1 fully saturated rings. The lowest BCUT2D eigenvalue weighted by Crippen LogP contribution is -2.25. The maximum absolute atomic E-state index is 12.1. The number of nitrogens with zero attached hydrogens (tertiary/aromatic N) is 2. The zero-order valence-electron chi connectivity index (χ0n) is 13.0. The summed E-state index contributed by atoms with van der Waals surface area (Å²) in [5, 5.41) is 1.91. The van der Waals surface area contributed by atoms with Crippen LogP contribution in [0.5, 0.6) is 0 Å². The summed E-state index contributed by atoms with van der Waals surface area (Å²) >= 11 is 1.43. The second kappa shape index (κ2) is 5.94. The van der Waals surface area contributed by atoms with E-state index in [2.05, 4.69) is 33.9 Å². The summed E-state index contributed by atoms with van der Waals surface area (Å²) in [5.41, 5.74) is 0.748. The number of aryl methyl sites for hydroxylation is 1. The lowest BCUT2D eigenvalue weighted by Gasteiger charge is -2.22. The summed E-state index contributed by atoms with van der Waals surface area (Å²) in [4.78, 5) is 22.0. The second-order valence-electron chi connectivity index (χ2n) is 5.93. The third kappa shape index (κ3) is 2.72. The van der Waals surface area contributed by atoms with Crippen molar-refractivity contribution < 1.29 is 4.42 Å². The number of hydrogen-bond acceptors (Lipinski definition) is 5. The predicted octanol–water partition coefficient (Wildman–Crippen LogP) is 3.48. The number of likely N-dealkylation sites (tertiary alicyclic amines) is 1. The zero-order chi connectivity index (χ0) is 15.8. The molecule has 0 aliphatic carbocycles. The molecule has 3 aromatic rings. The highest BCUT2D eigenvalue weighted by molar-refractivity contribution is 7.17. The third-order valence-electron chi connectivity index (χ3n) is 4.44. The largest absolute Gasteiger partial charge is 0.464 e. The van der Waals surface area contributed by atoms with Gasteiger partial charge in [-0.15, -0.1) is 11.3 Å². The van der Waals surface area contributed by atoms with Crippen molar-refractivity contribution >= 4 is 21.6 Å². The predicted molar refractivity (Wildman–Crippen MR) is 90.7 cm³/mol. The topological polar surface area (TPSA) is 62.1 Å². The Morgan fingerprint density at radius 3 is 3.17 bits per heavy atom. The minimum absolute atomic E-state index is 0.0398. The summed E-state index contributed by atoms with van der Waals surface area (Å²) in [6.07, 6.45) is 3.13. The number of nitrogens with one attached hydrogen (secondary N) is 1. The van der Waals surface area contributed by atoms with E-state index in [1.54, 1.807) is 0 Å². The number of rotatable bonds is 4. The SMILES string of the molecule is CCc1ccc(C2CCCN2Cc2nc3ccsc3c(=O)[nH]2)o1. The smallest absolute Gasteiger partial charge is 0.268 e. The van der Waals surface area contributed by atoms with Gasteiger partial charge in [-0.05, 0) is 43.0 Å². The summed E-state index contributed by atoms with van der Waals surface area (Å²) < 4.78 is 6.63. The third-order valence-corrected chi connectivity index (χ3v) is 5.34. The van der Waals surface area contributed by atoms with Crippen molar-refractivity contribution in [2.45, 2.75) is 38.8 Å². The van der Waals surface area contributed by atoms with Crippen LogP contribution in [0.25, 0.3) is 10.2 Å². The average molecular weight is 329 g/mol. The van der Waals surface area contributed by atoms with Crippen LogP contribution in [0.3, 0.4) is 0 Å². The van der Waals surface area contributed by atoms with Crippen LogP contribution in [0.4, 0.5) is 0 Å². The fourth-order valence-corrected chi connectivity index (χ4v) is 4.02. The molecule has 1 aliphatic rings. The van der Waals surface area contributed by atoms with Crippen molar-refractivity contribution in [1.82, 2.24) is 14.9 Å². The van der Waals surface area contributed by atoms with E-state index < -0.39 is 0 Å². The first-order valence-electron chi connectivity index (χ1n) is 8.03. The lowest BCUT2D eigenvalue weighted by atomic mass is 10.1. The summed E-state index contributed by atoms with van der Waals surface area (Å²) in [6.45, 7) is 3.74. The number of aromatic nitrogens is 2. The molecule has 1 unspecified atom stereocenters. The molecule has 1 saturated heterocycles. The summed E-state index contributed by atoms with van der Waals surface area (Å²) in [6, 6.07) is 6.32. The van der Waals surface area contributed by atoms with E-state index in [1.165, 1.54) is 11.3 Å². The Labute approximate surface area is 138 Å². The van der Waals surface area contributed by atoms with Gasteiger partial charge in [-0.2, -0.15) is 0 Å². The average Bonchev–Trinajstić information content (AvgIpc) is 3.26. The molecule has 1 aliphatic heterocycles. The number of hydrogen-bond donors (Lipinski definition) is 1. The molecule has 0 saturated carbocycles. The maximum atomic E-state index is 12.1. The van der Waals surface area contributed by atoms with Crippen molar-refractivity contribution in [3.63, 3.8) is 0 Å². The van der Waals surface area contributed by atoms with E-state index in [-0.39, 0.29) is 11.6 Å². The number of furan rings is 1. The minimum atomic E-state index is -0.0398. The lowest BCUT2D eigenvalue weighted by molar-refractivity contribution is 0.213. The number of H-pyrrole nitrogens is 1. The van der Waals surface area contributed by atoms with Crippen LogP contribution in [0.1, 0.15) is 43.2 Å². The number of thiophene rings is 1. The van der Waals surface area contributed by atoms with Gasteiger partial charge < -0.3 is 9.40 Å². The normalized spacial score (nSPS) is 18.9. The molecule has 5 nitrogen and oxygen atoms in total. The Morgan fingerprint density at radius 1 is 1.43 bits per heavy atom. The Kier molecular flexibility index (Phi) is 3.79. The van der Waals surface area contributed by atoms with Crippen LogP contribution in [-0.2, 0) is 13.0 Å². The summed E-state index contributed by atoms with van der Waals surface area (Å²) in [7, 11) is 0. The molecule has 0 amide bonds. The van der Waals surface area contributed by atoms with Gasteiger partial charge >= 0.3 is 0 Å². The highest BCUT2D eigenvalue weighted by Crippen LogP contribution is 2.33. The van der Waals surface area contributed by atoms with E-state index in [9.17, 15) is 4.79 Å². The summed E-state index contributed by atoms with van der Waals surface area (Å²) in [5.74, 6) is 2.78. The molecule has 1 atom stereocenters. The van der Waals surface area contributed by atoms with Gasteiger partial charge in [-0.25, -0.2) is 4.98 Å². The molecule has 0 bridgehead atoms. The molecule has 23 heavy (non-hydrogen) atoms. The Bertz CT molecular complexity index is 879. The Morgan fingerprint density at radius 2 is 2.35 bits per heavy atom. The first-order chi connectivity index (χ1) is 11.2. The molecule has 4 rings (SSSR count). The molecule has 1 N–H and O–H groups in total. The first-order valence-corrected chi connectivity index (χ1v) is 8.91. The molecular weight excluding hydrogens is 310 g/mol. The molecule has 0 spiro atoms. The highest BCUT2D eigenvalue weighted by Gasteiger charge is 2.29. The Hall–Kier alpha value is -1.92. The van der Waals surface area contributed by atoms with Gasteiger partial charge in [0, 0.05) is 6.42 Å². The van der Waals surface area contributed by atoms with Crippen LogP contribution in [0.15, 0.2) is 32.8 Å². The van der Waals surface area contributed by atoms with Gasteiger partial charge in [0.15, 0.2) is 0 Å². The van der Waals surface area contributed by atoms with Crippen LogP contribution < -0.4 is 5.56 Å². The standard InChI is InChI=1S/C17H19N3O2S/c1-2-11-5-6-14(22-11)13-4-3-8-20(13)10-15-18-12-7-9-23-16(12)17(21)19-15/h5-7,9,13H,2-4,8,10H2,1H3,(H,18,19,21). The van der Waals surface area contributed by atoms with Crippen molar-refractivity contribution in [1.29, 1.82) is 0 Å². The maximum Gasteiger partial charge on any atom is 0.268 e. The molecular formula is C17H19N3O2S. The van der Waals surface area contributed by atoms with Crippen LogP contribution in [0, 0.1) is 0 Å². The zero-order valence-corrected chi connectivity index (χ0v) is 13.9. The van der Waals surface area contributed by atoms with Crippen molar-refractivity contribution in [2.75, 3.05) is 6.54 Å². The van der Waals surface area contributed by atoms with E-state index in [0.29, 0.717) is 11.2 Å². The van der Waals surface area contributed by atoms with Crippen molar-refractivity contribution in [2.24, 2.45) is 0 Å². The number of fused-ring (bicyclic) bond motifs is 1. The fourth-order valence-electron chi connectivity index (χ4n) is 3.29. The monoisotopic (exact) mass is 329 g/mol. The van der Waals surface area contributed by atoms with Crippen LogP contribution in [-0.4, -0.2) is 21.4 Å². The van der Waals surface area contributed by atoms with E-state index in [4.69, 9.17) is 4.42 Å². The fraction of sp³-hybridized carbons (Fsp3) is 0.412. The second-order valence-corrected chi connectivity index (χ2v) is 6.85. The van der Waals surface area contributed by atoms with Crippen LogP contribution >= 0.6 is 11.3 Å². The molecule has 4 heterocycles. The molecule has 6 heteroatoms. The quantitative estimate of drug-likeness (QED) is 0.796. The van der Waals surface area contributed by atoms with Crippen molar-refractivity contribution in [3.05, 3.63) is 51.3 Å². The molecule has 120 valence electrons. The van der Waals surface area contributed by atoms with Gasteiger partial charge in [0.2, 0.25) is 0 Å². The minimum Gasteiger partial charge on any atom is -0.464 e. The number of aromatic amines is 1. The van der Waals surface area contributed by atoms with E-state index in [0.717, 1.165) is 48.7 Å². The van der Waals surface area contributed by atoms with Gasteiger partial charge in [-0.3, -0.25) is 9.69 Å². The highest BCUT2D eigenvalue weighted by atomic mass is 32.1. The van der Waals surface area contributed by atoms with Crippen molar-refractivity contribution in [3.8, 4) is 0 Å². The van der Waals surface area contributed by atoms with Gasteiger partial charge in [0.25, 0.3) is 5.56 Å². The first kappa shape index (κ1) is 14.7. The van der Waals surface area contributed by atoms with Crippen LogP contribution in [0.2, 0.25) is 0 Å². The van der Waals surface area contributed by atoms with E-state index in [1.807, 2.05) is 11.4 Å². The van der Waals surface area contributed by atoms with E-state index >= 15 is 0 Å². The van der Waals surface area contributed by atoms with Gasteiger partial charge in [-0.1, -0.05) is 6.92 Å². The van der Waals surface area contributed by atoms with Gasteiger partial charge in [0.1, 0.15) is 22.0 Å². The molecule has 3 aromatic heterocycles. The molecule has 0 radical (unpaired) electrons. The van der Waals surface area contributed by atoms with Gasteiger partial charge in [0.05, 0.1) is 18.1 Å². The molecule has 0 aromatic carbocycles.